The van der Waals surface area contributed by atoms with Gasteiger partial charge in [-0.15, -0.1) is 0 Å². The molecule has 2 N–H and O–H groups in total. The number of nitrogens with two attached hydrogens (primary N) is 1. The molecule has 0 saturated heterocycles. The van der Waals surface area contributed by atoms with Crippen LogP contribution in [0.1, 0.15) is 17.0 Å². The van der Waals surface area contributed by atoms with Crippen LogP contribution in [0.4, 0.5) is 5.95 Å². The number of fused-ring (bicyclic) bond motifs is 1. The molecule has 1 heterocycles. The third-order valence-electron chi connectivity index (χ3n) is 2.01. The van der Waals surface area contributed by atoms with Gasteiger partial charge in [0.2, 0.25) is 5.95 Å². The molecule has 0 spiro atoms. The normalized spacial score (nSPS) is 14.4. The lowest BCUT2D eigenvalue weighted by Crippen LogP contribution is -2.12. The zero-order valence-electron chi connectivity index (χ0n) is 7.24. The van der Waals surface area contributed by atoms with Crippen molar-refractivity contribution < 1.29 is 4.79 Å². The predicted molar refractivity (Wildman–Crippen MR) is 48.9 cm³/mol. The van der Waals surface area contributed by atoms with E-state index >= 15 is 0 Å². The fourth-order valence-corrected chi connectivity index (χ4v) is 1.42. The maximum Gasteiger partial charge on any atom is 0.220 e. The largest absolute Gasteiger partial charge is 0.368 e. The summed E-state index contributed by atoms with van der Waals surface area (Å²) < 4.78 is 0. The summed E-state index contributed by atoms with van der Waals surface area (Å²) in [5.41, 5.74) is 7.95. The number of nitrogen functional groups attached to an aromatic ring is 1. The Kier molecular flexibility index (Phi) is 1.62. The SMILES string of the molecule is Cc1nc(N)nc2c1C=CC(=O)C2. The molecular formula is C9H9N3O. The molecule has 4 nitrogen and oxygen atoms in total. The van der Waals surface area contributed by atoms with Crippen LogP contribution in [0.25, 0.3) is 6.08 Å². The molecule has 1 aromatic rings. The molecule has 0 bridgehead atoms. The molecule has 0 atom stereocenters. The van der Waals surface area contributed by atoms with E-state index in [4.69, 9.17) is 5.73 Å². The van der Waals surface area contributed by atoms with E-state index in [-0.39, 0.29) is 11.7 Å². The first-order valence-corrected chi connectivity index (χ1v) is 4.01. The lowest BCUT2D eigenvalue weighted by molar-refractivity contribution is -0.114. The molecule has 0 aromatic carbocycles. The summed E-state index contributed by atoms with van der Waals surface area (Å²) >= 11 is 0. The van der Waals surface area contributed by atoms with Gasteiger partial charge >= 0.3 is 0 Å². The van der Waals surface area contributed by atoms with Crippen LogP contribution in [0, 0.1) is 6.92 Å². The fraction of sp³-hybridized carbons (Fsp3) is 0.222. The molecule has 2 rings (SSSR count). The Balaban J connectivity index is 2.62. The summed E-state index contributed by atoms with van der Waals surface area (Å²) in [4.78, 5) is 19.1. The highest BCUT2D eigenvalue weighted by Crippen LogP contribution is 2.18. The zero-order chi connectivity index (χ0) is 9.42. The predicted octanol–water partition coefficient (Wildman–Crippen LogP) is 0.506. The van der Waals surface area contributed by atoms with Gasteiger partial charge in [0.25, 0.3) is 0 Å². The van der Waals surface area contributed by atoms with Crippen LogP contribution in [-0.2, 0) is 11.2 Å². The number of aromatic nitrogens is 2. The van der Waals surface area contributed by atoms with Crippen molar-refractivity contribution in [3.05, 3.63) is 23.0 Å². The van der Waals surface area contributed by atoms with Crippen molar-refractivity contribution in [1.29, 1.82) is 0 Å². The van der Waals surface area contributed by atoms with Gasteiger partial charge in [-0.25, -0.2) is 9.97 Å². The van der Waals surface area contributed by atoms with Gasteiger partial charge < -0.3 is 5.73 Å². The topological polar surface area (TPSA) is 68.9 Å². The second-order valence-corrected chi connectivity index (χ2v) is 3.00. The van der Waals surface area contributed by atoms with Gasteiger partial charge in [0, 0.05) is 5.56 Å². The Morgan fingerprint density at radius 2 is 2.15 bits per heavy atom. The lowest BCUT2D eigenvalue weighted by atomic mass is 10.0. The Bertz CT molecular complexity index is 410. The van der Waals surface area contributed by atoms with Crippen LogP contribution < -0.4 is 5.73 Å². The highest BCUT2D eigenvalue weighted by molar-refractivity contribution is 5.98. The summed E-state index contributed by atoms with van der Waals surface area (Å²) in [7, 11) is 0. The second-order valence-electron chi connectivity index (χ2n) is 3.00. The number of anilines is 1. The molecule has 1 aliphatic carbocycles. The quantitative estimate of drug-likeness (QED) is 0.623. The molecule has 0 fully saturated rings. The zero-order valence-corrected chi connectivity index (χ0v) is 7.24. The van der Waals surface area contributed by atoms with E-state index in [2.05, 4.69) is 9.97 Å². The number of aryl methyl sites for hydroxylation is 1. The average Bonchev–Trinajstić information content (AvgIpc) is 2.02. The van der Waals surface area contributed by atoms with E-state index in [1.807, 2.05) is 6.92 Å². The van der Waals surface area contributed by atoms with Gasteiger partial charge in [-0.1, -0.05) is 0 Å². The van der Waals surface area contributed by atoms with Crippen LogP contribution in [0.2, 0.25) is 0 Å². The number of nitrogens with zero attached hydrogens (tertiary/aromatic N) is 2. The summed E-state index contributed by atoms with van der Waals surface area (Å²) in [6.45, 7) is 1.86. The first-order valence-electron chi connectivity index (χ1n) is 4.01. The highest BCUT2D eigenvalue weighted by Gasteiger charge is 2.14. The standard InChI is InChI=1S/C9H9N3O/c1-5-7-3-2-6(13)4-8(7)12-9(10)11-5/h2-3H,4H2,1H3,(H2,10,11,12). The number of hydrogen-bond acceptors (Lipinski definition) is 4. The van der Waals surface area contributed by atoms with Crippen LogP contribution in [-0.4, -0.2) is 15.8 Å². The molecule has 0 radical (unpaired) electrons. The van der Waals surface area contributed by atoms with Crippen molar-refractivity contribution in [1.82, 2.24) is 9.97 Å². The highest BCUT2D eigenvalue weighted by atomic mass is 16.1. The smallest absolute Gasteiger partial charge is 0.220 e. The molecular weight excluding hydrogens is 166 g/mol. The number of carbonyl (C=O) groups excluding carboxylic acids is 1. The van der Waals surface area contributed by atoms with Gasteiger partial charge in [-0.2, -0.15) is 0 Å². The van der Waals surface area contributed by atoms with E-state index in [1.165, 1.54) is 0 Å². The minimum Gasteiger partial charge on any atom is -0.368 e. The first-order chi connectivity index (χ1) is 6.16. The molecule has 0 amide bonds. The molecule has 13 heavy (non-hydrogen) atoms. The maximum absolute atomic E-state index is 11.1. The van der Waals surface area contributed by atoms with Crippen molar-refractivity contribution in [2.24, 2.45) is 0 Å². The summed E-state index contributed by atoms with van der Waals surface area (Å²) in [5, 5.41) is 0. The van der Waals surface area contributed by atoms with Gasteiger partial charge in [0.1, 0.15) is 0 Å². The average molecular weight is 175 g/mol. The van der Waals surface area contributed by atoms with Crippen molar-refractivity contribution in [2.45, 2.75) is 13.3 Å². The van der Waals surface area contributed by atoms with E-state index < -0.39 is 0 Å². The van der Waals surface area contributed by atoms with Crippen LogP contribution in [0.3, 0.4) is 0 Å². The molecule has 66 valence electrons. The van der Waals surface area contributed by atoms with E-state index in [9.17, 15) is 4.79 Å². The van der Waals surface area contributed by atoms with Crippen LogP contribution in [0.15, 0.2) is 6.08 Å². The van der Waals surface area contributed by atoms with Crippen LogP contribution >= 0.6 is 0 Å². The summed E-state index contributed by atoms with van der Waals surface area (Å²) in [6.07, 6.45) is 3.63. The Morgan fingerprint density at radius 1 is 1.38 bits per heavy atom. The molecule has 4 heteroatoms. The summed E-state index contributed by atoms with van der Waals surface area (Å²) in [5.74, 6) is 0.296. The molecule has 1 aromatic heterocycles. The Labute approximate surface area is 75.5 Å². The number of allylic oxidation sites excluding steroid dienone is 1. The Morgan fingerprint density at radius 3 is 2.92 bits per heavy atom. The second kappa shape index (κ2) is 2.65. The van der Waals surface area contributed by atoms with Crippen molar-refractivity contribution in [2.75, 3.05) is 5.73 Å². The van der Waals surface area contributed by atoms with Gasteiger partial charge in [-0.05, 0) is 19.1 Å². The van der Waals surface area contributed by atoms with Crippen LogP contribution in [0.5, 0.6) is 0 Å². The van der Waals surface area contributed by atoms with Gasteiger partial charge in [-0.3, -0.25) is 4.79 Å². The minimum absolute atomic E-state index is 0.0602. The van der Waals surface area contributed by atoms with E-state index in [0.717, 1.165) is 17.0 Å². The molecule has 0 unspecified atom stereocenters. The lowest BCUT2D eigenvalue weighted by Gasteiger charge is -2.10. The number of rotatable bonds is 0. The van der Waals surface area contributed by atoms with Crippen molar-refractivity contribution in [3.63, 3.8) is 0 Å². The first kappa shape index (κ1) is 7.91. The monoisotopic (exact) mass is 175 g/mol. The minimum atomic E-state index is 0.0602. The number of ketones is 1. The molecule has 0 aliphatic heterocycles. The maximum atomic E-state index is 11.1. The van der Waals surface area contributed by atoms with Crippen molar-refractivity contribution in [3.8, 4) is 0 Å². The molecule has 1 aliphatic rings. The number of hydrogen-bond donors (Lipinski definition) is 1. The Hall–Kier alpha value is -1.71. The molecule has 0 saturated carbocycles. The van der Waals surface area contributed by atoms with Gasteiger partial charge in [0.15, 0.2) is 5.78 Å². The van der Waals surface area contributed by atoms with Gasteiger partial charge in [0.05, 0.1) is 17.8 Å². The third-order valence-corrected chi connectivity index (χ3v) is 2.01. The van der Waals surface area contributed by atoms with E-state index in [0.29, 0.717) is 6.42 Å². The number of carbonyl (C=O) groups is 1. The van der Waals surface area contributed by atoms with Crippen molar-refractivity contribution >= 4 is 17.8 Å². The fourth-order valence-electron chi connectivity index (χ4n) is 1.42. The summed E-state index contributed by atoms with van der Waals surface area (Å²) in [6, 6.07) is 0. The third kappa shape index (κ3) is 1.30. The van der Waals surface area contributed by atoms with E-state index in [1.54, 1.807) is 12.2 Å².